The van der Waals surface area contributed by atoms with Gasteiger partial charge in [-0.1, -0.05) is 128 Å². The number of aromatic nitrogens is 2. The molecule has 0 atom stereocenters. The van der Waals surface area contributed by atoms with Gasteiger partial charge >= 0.3 is 0 Å². The summed E-state index contributed by atoms with van der Waals surface area (Å²) >= 11 is 0. The quantitative estimate of drug-likeness (QED) is 0.150. The highest BCUT2D eigenvalue weighted by Gasteiger charge is 2.19. The molecule has 0 N–H and O–H groups in total. The van der Waals surface area contributed by atoms with Crippen LogP contribution in [0.25, 0.3) is 122 Å². The second kappa shape index (κ2) is 14.5. The molecule has 0 spiro atoms. The molecule has 13 rings (SSSR count). The molecule has 0 saturated heterocycles. The highest BCUT2D eigenvalue weighted by molar-refractivity contribution is 6.13. The van der Waals surface area contributed by atoms with Crippen LogP contribution in [-0.2, 0) is 0 Å². The Kier molecular flexibility index (Phi) is 8.24. The Labute approximate surface area is 374 Å². The van der Waals surface area contributed by atoms with Crippen molar-refractivity contribution in [2.24, 2.45) is 0 Å². The monoisotopic (exact) mass is 832 g/mol. The van der Waals surface area contributed by atoms with E-state index in [1.165, 1.54) is 38.4 Å². The Balaban J connectivity index is 0.924. The van der Waals surface area contributed by atoms with Gasteiger partial charge in [0.15, 0.2) is 0 Å². The zero-order valence-corrected chi connectivity index (χ0v) is 35.6. The summed E-state index contributed by atoms with van der Waals surface area (Å²) in [5.74, 6) is 0. The van der Waals surface area contributed by atoms with E-state index in [4.69, 9.17) is 8.83 Å². The van der Waals surface area contributed by atoms with Gasteiger partial charge in [-0.25, -0.2) is 0 Å². The van der Waals surface area contributed by atoms with Crippen molar-refractivity contribution in [2.45, 2.75) is 6.92 Å². The van der Waals surface area contributed by atoms with Crippen LogP contribution in [0.5, 0.6) is 0 Å². The minimum atomic E-state index is 0.877. The molecule has 4 aromatic heterocycles. The maximum atomic E-state index is 6.37. The number of fused-ring (bicyclic) bond motifs is 10. The van der Waals surface area contributed by atoms with E-state index >= 15 is 0 Å². The lowest BCUT2D eigenvalue weighted by atomic mass is 9.99. The van der Waals surface area contributed by atoms with Gasteiger partial charge in [0.05, 0.1) is 16.6 Å². The van der Waals surface area contributed by atoms with Crippen LogP contribution in [0.3, 0.4) is 0 Å². The van der Waals surface area contributed by atoms with Gasteiger partial charge < -0.3 is 18.0 Å². The topological polar surface area (TPSA) is 36.1 Å². The lowest BCUT2D eigenvalue weighted by Crippen LogP contribution is -1.96. The zero-order chi connectivity index (χ0) is 43.2. The Hall–Kier alpha value is -8.60. The van der Waals surface area contributed by atoms with Crippen LogP contribution in [0, 0.1) is 6.92 Å². The first-order valence-electron chi connectivity index (χ1n) is 22.1. The van der Waals surface area contributed by atoms with E-state index in [0.717, 1.165) is 94.2 Å². The minimum absolute atomic E-state index is 0.877. The van der Waals surface area contributed by atoms with E-state index in [9.17, 15) is 0 Å². The van der Waals surface area contributed by atoms with E-state index in [2.05, 4.69) is 229 Å². The third-order valence-electron chi connectivity index (χ3n) is 13.3. The molecule has 0 aliphatic carbocycles. The maximum absolute atomic E-state index is 6.37. The molecule has 9 aromatic carbocycles. The molecule has 65 heavy (non-hydrogen) atoms. The van der Waals surface area contributed by atoms with Crippen molar-refractivity contribution in [1.29, 1.82) is 0 Å². The van der Waals surface area contributed by atoms with Gasteiger partial charge in [-0.3, -0.25) is 0 Å². The van der Waals surface area contributed by atoms with Gasteiger partial charge in [0.1, 0.15) is 22.3 Å². The third kappa shape index (κ3) is 5.85. The first-order chi connectivity index (χ1) is 32.1. The molecule has 0 aliphatic rings. The van der Waals surface area contributed by atoms with Crippen molar-refractivity contribution < 1.29 is 8.83 Å². The van der Waals surface area contributed by atoms with Gasteiger partial charge in [0.25, 0.3) is 0 Å². The van der Waals surface area contributed by atoms with E-state index in [-0.39, 0.29) is 0 Å². The van der Waals surface area contributed by atoms with Crippen molar-refractivity contribution in [2.75, 3.05) is 0 Å². The second-order valence-corrected chi connectivity index (χ2v) is 17.0. The van der Waals surface area contributed by atoms with Crippen LogP contribution in [0.15, 0.2) is 222 Å². The molecule has 0 unspecified atom stereocenters. The van der Waals surface area contributed by atoms with Crippen LogP contribution in [-0.4, -0.2) is 9.13 Å². The van der Waals surface area contributed by atoms with E-state index in [0.29, 0.717) is 0 Å². The standard InChI is InChI=1S/C61H40N2O2/c1-3-39(32-49-38(2)62(55-20-12-10-18-47(49)55)45-25-30-60-53(36-45)51-34-43(23-28-58(51)64-60)40-14-6-4-7-15-40)42-22-27-57-50(33-42)48-19-11-13-21-56(48)63(57)46-26-31-61-54(37-46)52-35-44(24-29-59(52)65-61)41-16-8-5-9-17-41/h3-37H,1H2,2H3/b39-32+. The van der Waals surface area contributed by atoms with Crippen molar-refractivity contribution >= 4 is 88.2 Å². The van der Waals surface area contributed by atoms with E-state index in [1.807, 2.05) is 6.08 Å². The summed E-state index contributed by atoms with van der Waals surface area (Å²) in [7, 11) is 0. The first-order valence-corrected chi connectivity index (χ1v) is 22.1. The lowest BCUT2D eigenvalue weighted by Gasteiger charge is -2.10. The van der Waals surface area contributed by atoms with Gasteiger partial charge in [-0.2, -0.15) is 0 Å². The Morgan fingerprint density at radius 3 is 1.46 bits per heavy atom. The summed E-state index contributed by atoms with van der Waals surface area (Å²) in [6.07, 6.45) is 4.29. The van der Waals surface area contributed by atoms with E-state index in [1.54, 1.807) is 0 Å². The van der Waals surface area contributed by atoms with Gasteiger partial charge in [0.2, 0.25) is 0 Å². The van der Waals surface area contributed by atoms with Crippen LogP contribution < -0.4 is 0 Å². The first kappa shape index (κ1) is 37.0. The molecule has 0 amide bonds. The smallest absolute Gasteiger partial charge is 0.135 e. The van der Waals surface area contributed by atoms with E-state index < -0.39 is 0 Å². The minimum Gasteiger partial charge on any atom is -0.456 e. The van der Waals surface area contributed by atoms with Crippen LogP contribution in [0.2, 0.25) is 0 Å². The second-order valence-electron chi connectivity index (χ2n) is 17.0. The molecule has 13 aromatic rings. The number of hydrogen-bond donors (Lipinski definition) is 0. The van der Waals surface area contributed by atoms with Gasteiger partial charge in [-0.15, -0.1) is 0 Å². The highest BCUT2D eigenvalue weighted by Crippen LogP contribution is 2.40. The lowest BCUT2D eigenvalue weighted by molar-refractivity contribution is 0.668. The Morgan fingerprint density at radius 1 is 0.400 bits per heavy atom. The fourth-order valence-corrected chi connectivity index (χ4v) is 10.2. The largest absolute Gasteiger partial charge is 0.456 e. The molecule has 306 valence electrons. The normalized spacial score (nSPS) is 12.2. The average Bonchev–Trinajstić information content (AvgIpc) is 4.10. The molecule has 0 fully saturated rings. The van der Waals surface area contributed by atoms with Crippen LogP contribution in [0.4, 0.5) is 0 Å². The molecule has 0 bridgehead atoms. The number of allylic oxidation sites excluding steroid dienone is 2. The highest BCUT2D eigenvalue weighted by atomic mass is 16.3. The van der Waals surface area contributed by atoms with Gasteiger partial charge in [-0.05, 0) is 131 Å². The summed E-state index contributed by atoms with van der Waals surface area (Å²) in [6.45, 7) is 6.58. The fraction of sp³-hybridized carbons (Fsp3) is 0.0164. The number of rotatable bonds is 7. The van der Waals surface area contributed by atoms with Crippen LogP contribution >= 0.6 is 0 Å². The van der Waals surface area contributed by atoms with Gasteiger partial charge in [0, 0.05) is 60.3 Å². The molecule has 4 heterocycles. The predicted octanol–water partition coefficient (Wildman–Crippen LogP) is 16.9. The number of nitrogens with zero attached hydrogens (tertiary/aromatic N) is 2. The summed E-state index contributed by atoms with van der Waals surface area (Å²) in [4.78, 5) is 0. The summed E-state index contributed by atoms with van der Waals surface area (Å²) in [6, 6.07) is 71.3. The predicted molar refractivity (Wildman–Crippen MR) is 272 cm³/mol. The van der Waals surface area contributed by atoms with Crippen LogP contribution in [0.1, 0.15) is 16.8 Å². The maximum Gasteiger partial charge on any atom is 0.135 e. The summed E-state index contributed by atoms with van der Waals surface area (Å²) in [5, 5.41) is 7.97. The molecular weight excluding hydrogens is 793 g/mol. The van der Waals surface area contributed by atoms with Crippen molar-refractivity contribution in [3.05, 3.63) is 230 Å². The number of hydrogen-bond acceptors (Lipinski definition) is 2. The average molecular weight is 833 g/mol. The van der Waals surface area contributed by atoms with Crippen molar-refractivity contribution in [3.8, 4) is 33.6 Å². The summed E-state index contributed by atoms with van der Waals surface area (Å²) in [5.41, 5.74) is 18.3. The molecule has 4 nitrogen and oxygen atoms in total. The number of furan rings is 2. The molecule has 0 aliphatic heterocycles. The summed E-state index contributed by atoms with van der Waals surface area (Å²) < 4.78 is 17.5. The fourth-order valence-electron chi connectivity index (χ4n) is 10.2. The molecule has 0 saturated carbocycles. The number of benzene rings is 9. The number of para-hydroxylation sites is 2. The Morgan fingerprint density at radius 2 is 0.877 bits per heavy atom. The van der Waals surface area contributed by atoms with Crippen molar-refractivity contribution in [1.82, 2.24) is 9.13 Å². The zero-order valence-electron chi connectivity index (χ0n) is 35.6. The molecule has 4 heteroatoms. The third-order valence-corrected chi connectivity index (χ3v) is 13.3. The SMILES string of the molecule is C=C/C(=C\c1c(C)n(-c2ccc3oc4ccc(-c5ccccc5)cc4c3c2)c2ccccc12)c1ccc2c(c1)c1ccccc1n2-c1ccc2oc3ccc(-c4ccccc4)cc3c2c1. The van der Waals surface area contributed by atoms with Crippen molar-refractivity contribution in [3.63, 3.8) is 0 Å². The molecular formula is C61H40N2O2. The molecule has 0 radical (unpaired) electrons. The Bertz CT molecular complexity index is 4080.